The fourth-order valence-corrected chi connectivity index (χ4v) is 3.06. The third-order valence-corrected chi connectivity index (χ3v) is 4.35. The van der Waals surface area contributed by atoms with Crippen molar-refractivity contribution in [2.45, 2.75) is 43.6 Å². The molecule has 0 spiro atoms. The van der Waals surface area contributed by atoms with Crippen molar-refractivity contribution in [3.63, 3.8) is 0 Å². The summed E-state index contributed by atoms with van der Waals surface area (Å²) < 4.78 is 45.2. The summed E-state index contributed by atoms with van der Waals surface area (Å²) in [6.07, 6.45) is -1.28. The van der Waals surface area contributed by atoms with Crippen LogP contribution in [0.15, 0.2) is 18.3 Å². The number of ether oxygens (including phenoxy) is 1. The third kappa shape index (κ3) is 2.81. The van der Waals surface area contributed by atoms with Crippen molar-refractivity contribution in [2.75, 3.05) is 18.1 Å². The number of carbonyl (C=O) groups is 1. The molecule has 2 atom stereocenters. The molecule has 1 aromatic rings. The zero-order valence-corrected chi connectivity index (χ0v) is 12.3. The molecule has 1 aromatic heterocycles. The van der Waals surface area contributed by atoms with Crippen LogP contribution in [0.1, 0.15) is 31.2 Å². The first-order valence-corrected chi connectivity index (χ1v) is 7.49. The second kappa shape index (κ2) is 5.76. The number of nitrogens with zero attached hydrogens (tertiary/aromatic N) is 2. The number of halogens is 3. The maximum atomic E-state index is 13.3. The SMILES string of the molecule is O=C(CCC1CCCO1)N1CC(O)(C(F)(F)F)c2cccnc21. The Hall–Kier alpha value is -1.67. The molecule has 126 valence electrons. The Labute approximate surface area is 131 Å². The van der Waals surface area contributed by atoms with Crippen molar-refractivity contribution in [1.82, 2.24) is 4.98 Å². The molecule has 0 saturated carbocycles. The van der Waals surface area contributed by atoms with E-state index in [4.69, 9.17) is 4.74 Å². The smallest absolute Gasteiger partial charge is 0.378 e. The van der Waals surface area contributed by atoms with E-state index >= 15 is 0 Å². The van der Waals surface area contributed by atoms with Gasteiger partial charge < -0.3 is 9.84 Å². The average molecular weight is 330 g/mol. The van der Waals surface area contributed by atoms with Crippen molar-refractivity contribution in [2.24, 2.45) is 0 Å². The van der Waals surface area contributed by atoms with E-state index in [1.54, 1.807) is 0 Å². The van der Waals surface area contributed by atoms with Crippen LogP contribution in [-0.4, -0.2) is 41.4 Å². The van der Waals surface area contributed by atoms with E-state index < -0.39 is 24.2 Å². The number of aromatic nitrogens is 1. The van der Waals surface area contributed by atoms with Gasteiger partial charge in [-0.3, -0.25) is 9.69 Å². The number of hydrogen-bond donors (Lipinski definition) is 1. The van der Waals surface area contributed by atoms with Crippen LogP contribution in [0, 0.1) is 0 Å². The molecule has 3 rings (SSSR count). The summed E-state index contributed by atoms with van der Waals surface area (Å²) in [6, 6.07) is 2.47. The number of hydrogen-bond acceptors (Lipinski definition) is 4. The van der Waals surface area contributed by atoms with Gasteiger partial charge in [0.2, 0.25) is 11.5 Å². The quantitative estimate of drug-likeness (QED) is 0.922. The van der Waals surface area contributed by atoms with Gasteiger partial charge in [0, 0.05) is 24.8 Å². The van der Waals surface area contributed by atoms with Crippen molar-refractivity contribution < 1.29 is 27.8 Å². The highest BCUT2D eigenvalue weighted by Crippen LogP contribution is 2.47. The molecule has 1 amide bonds. The largest absolute Gasteiger partial charge is 0.423 e. The average Bonchev–Trinajstić information content (AvgIpc) is 3.12. The standard InChI is InChI=1S/C15H17F3N2O3/c16-15(17,18)14(22)9-20(13-11(14)4-1-7-19-13)12(21)6-5-10-3-2-8-23-10/h1,4,7,10,22H,2-3,5-6,8-9H2. The maximum Gasteiger partial charge on any atom is 0.423 e. The summed E-state index contributed by atoms with van der Waals surface area (Å²) in [5, 5.41) is 10.1. The molecule has 2 unspecified atom stereocenters. The first-order chi connectivity index (χ1) is 10.8. The van der Waals surface area contributed by atoms with E-state index in [1.165, 1.54) is 12.3 Å². The van der Waals surface area contributed by atoms with Crippen LogP contribution in [0.25, 0.3) is 0 Å². The van der Waals surface area contributed by atoms with Gasteiger partial charge in [0.15, 0.2) is 0 Å². The van der Waals surface area contributed by atoms with Gasteiger partial charge in [-0.15, -0.1) is 0 Å². The number of rotatable bonds is 3. The van der Waals surface area contributed by atoms with Gasteiger partial charge in [-0.05, 0) is 25.3 Å². The summed E-state index contributed by atoms with van der Waals surface area (Å²) in [6.45, 7) is -0.200. The molecule has 0 bridgehead atoms. The van der Waals surface area contributed by atoms with E-state index in [0.717, 1.165) is 23.8 Å². The van der Waals surface area contributed by atoms with Gasteiger partial charge in [-0.25, -0.2) is 4.98 Å². The number of β-amino-alcohol motifs (C(OH)–C–C–N with tert-alkyl or cyclic N) is 1. The number of fused-ring (bicyclic) bond motifs is 1. The molecular weight excluding hydrogens is 313 g/mol. The van der Waals surface area contributed by atoms with E-state index in [2.05, 4.69) is 4.98 Å². The first kappa shape index (κ1) is 16.2. The molecule has 3 heterocycles. The first-order valence-electron chi connectivity index (χ1n) is 7.49. The van der Waals surface area contributed by atoms with Gasteiger partial charge in [0.1, 0.15) is 5.82 Å². The van der Waals surface area contributed by atoms with E-state index in [9.17, 15) is 23.1 Å². The topological polar surface area (TPSA) is 62.7 Å². The summed E-state index contributed by atoms with van der Waals surface area (Å²) in [7, 11) is 0. The maximum absolute atomic E-state index is 13.3. The van der Waals surface area contributed by atoms with E-state index in [0.29, 0.717) is 13.0 Å². The fraction of sp³-hybridized carbons (Fsp3) is 0.600. The molecule has 2 aliphatic heterocycles. The molecule has 2 aliphatic rings. The number of alkyl halides is 3. The van der Waals surface area contributed by atoms with Crippen LogP contribution >= 0.6 is 0 Å². The molecule has 1 saturated heterocycles. The van der Waals surface area contributed by atoms with Crippen molar-refractivity contribution in [3.05, 3.63) is 23.9 Å². The van der Waals surface area contributed by atoms with E-state index in [-0.39, 0.29) is 23.9 Å². The minimum absolute atomic E-state index is 0.0220. The molecule has 23 heavy (non-hydrogen) atoms. The molecule has 1 N–H and O–H groups in total. The minimum atomic E-state index is -4.88. The summed E-state index contributed by atoms with van der Waals surface area (Å²) >= 11 is 0. The Balaban J connectivity index is 1.79. The molecule has 0 aromatic carbocycles. The zero-order valence-electron chi connectivity index (χ0n) is 12.3. The van der Waals surface area contributed by atoms with Crippen molar-refractivity contribution in [3.8, 4) is 0 Å². The lowest BCUT2D eigenvalue weighted by Gasteiger charge is -2.26. The van der Waals surface area contributed by atoms with Crippen LogP contribution in [0.4, 0.5) is 19.0 Å². The van der Waals surface area contributed by atoms with Crippen LogP contribution < -0.4 is 4.90 Å². The van der Waals surface area contributed by atoms with Crippen LogP contribution in [-0.2, 0) is 15.1 Å². The number of aliphatic hydroxyl groups is 1. The van der Waals surface area contributed by atoms with Crippen molar-refractivity contribution in [1.29, 1.82) is 0 Å². The zero-order chi connectivity index (χ0) is 16.7. The molecule has 8 heteroatoms. The highest BCUT2D eigenvalue weighted by Gasteiger charge is 2.61. The van der Waals surface area contributed by atoms with Crippen LogP contribution in [0.5, 0.6) is 0 Å². The van der Waals surface area contributed by atoms with Gasteiger partial charge in [0.05, 0.1) is 12.6 Å². The second-order valence-electron chi connectivity index (χ2n) is 5.89. The summed E-state index contributed by atoms with van der Waals surface area (Å²) in [5.41, 5.74) is -3.45. The Morgan fingerprint density at radius 1 is 1.52 bits per heavy atom. The normalized spacial score (nSPS) is 27.3. The third-order valence-electron chi connectivity index (χ3n) is 4.35. The number of amides is 1. The van der Waals surface area contributed by atoms with Crippen LogP contribution in [0.2, 0.25) is 0 Å². The van der Waals surface area contributed by atoms with Crippen LogP contribution in [0.3, 0.4) is 0 Å². The van der Waals surface area contributed by atoms with Gasteiger partial charge in [-0.1, -0.05) is 6.07 Å². The highest BCUT2D eigenvalue weighted by atomic mass is 19.4. The number of carbonyl (C=O) groups excluding carboxylic acids is 1. The van der Waals surface area contributed by atoms with Crippen molar-refractivity contribution >= 4 is 11.7 Å². The molecular formula is C15H17F3N2O3. The lowest BCUT2D eigenvalue weighted by atomic mass is 9.97. The molecule has 0 aliphatic carbocycles. The predicted octanol–water partition coefficient (Wildman–Crippen LogP) is 2.14. The fourth-order valence-electron chi connectivity index (χ4n) is 3.06. The Morgan fingerprint density at radius 3 is 2.96 bits per heavy atom. The van der Waals surface area contributed by atoms with Gasteiger partial charge in [0.25, 0.3) is 0 Å². The molecule has 5 nitrogen and oxygen atoms in total. The van der Waals surface area contributed by atoms with E-state index in [1.807, 2.05) is 0 Å². The Morgan fingerprint density at radius 2 is 2.30 bits per heavy atom. The summed E-state index contributed by atoms with van der Waals surface area (Å²) in [4.78, 5) is 17.1. The molecule has 1 fully saturated rings. The Kier molecular flexibility index (Phi) is 4.05. The Bertz CT molecular complexity index is 602. The molecule has 0 radical (unpaired) electrons. The number of pyridine rings is 1. The number of anilines is 1. The summed E-state index contributed by atoms with van der Waals surface area (Å²) in [5.74, 6) is -0.606. The minimum Gasteiger partial charge on any atom is -0.378 e. The van der Waals surface area contributed by atoms with Gasteiger partial charge in [-0.2, -0.15) is 13.2 Å². The van der Waals surface area contributed by atoms with Gasteiger partial charge >= 0.3 is 6.18 Å². The predicted molar refractivity (Wildman–Crippen MR) is 74.7 cm³/mol. The second-order valence-corrected chi connectivity index (χ2v) is 5.89. The lowest BCUT2D eigenvalue weighted by Crippen LogP contribution is -2.47. The highest BCUT2D eigenvalue weighted by molar-refractivity contribution is 5.95. The lowest BCUT2D eigenvalue weighted by molar-refractivity contribution is -0.259. The monoisotopic (exact) mass is 330 g/mol.